The summed E-state index contributed by atoms with van der Waals surface area (Å²) >= 11 is 1.71. The Bertz CT molecular complexity index is 261. The Morgan fingerprint density at radius 1 is 1.41 bits per heavy atom. The molecule has 0 spiro atoms. The van der Waals surface area contributed by atoms with Crippen LogP contribution in [0.2, 0.25) is 0 Å². The minimum atomic E-state index is -4.27. The molecule has 1 amide bonds. The van der Waals surface area contributed by atoms with Gasteiger partial charge in [0.15, 0.2) is 0 Å². The number of hydrogen-bond acceptors (Lipinski definition) is 3. The number of halogens is 3. The molecule has 1 fully saturated rings. The maximum atomic E-state index is 11.8. The zero-order chi connectivity index (χ0) is 12.9. The summed E-state index contributed by atoms with van der Waals surface area (Å²) in [5.74, 6) is -0.380. The number of carbonyl (C=O) groups excluding carboxylic acids is 1. The lowest BCUT2D eigenvalue weighted by Gasteiger charge is -2.40. The molecule has 0 heterocycles. The van der Waals surface area contributed by atoms with Crippen molar-refractivity contribution in [1.82, 2.24) is 10.6 Å². The van der Waals surface area contributed by atoms with Crippen molar-refractivity contribution >= 4 is 17.7 Å². The molecular weight excluding hydrogens is 253 g/mol. The van der Waals surface area contributed by atoms with Crippen molar-refractivity contribution in [1.29, 1.82) is 0 Å². The van der Waals surface area contributed by atoms with Gasteiger partial charge in [-0.3, -0.25) is 4.79 Å². The Morgan fingerprint density at radius 3 is 2.47 bits per heavy atom. The fourth-order valence-corrected chi connectivity index (χ4v) is 2.58. The molecule has 1 saturated carbocycles. The van der Waals surface area contributed by atoms with Gasteiger partial charge in [-0.15, -0.1) is 0 Å². The van der Waals surface area contributed by atoms with Gasteiger partial charge in [0.1, 0.15) is 0 Å². The van der Waals surface area contributed by atoms with Gasteiger partial charge in [-0.05, 0) is 19.1 Å². The topological polar surface area (TPSA) is 41.1 Å². The molecule has 1 aliphatic rings. The van der Waals surface area contributed by atoms with Gasteiger partial charge < -0.3 is 10.6 Å². The Kier molecular flexibility index (Phi) is 5.12. The molecule has 17 heavy (non-hydrogen) atoms. The number of alkyl halides is 3. The first-order chi connectivity index (χ1) is 7.87. The second-order valence-electron chi connectivity index (χ2n) is 4.24. The highest BCUT2D eigenvalue weighted by molar-refractivity contribution is 8.00. The van der Waals surface area contributed by atoms with E-state index in [9.17, 15) is 18.0 Å². The smallest absolute Gasteiger partial charge is 0.354 e. The second-order valence-corrected chi connectivity index (χ2v) is 5.51. The summed E-state index contributed by atoms with van der Waals surface area (Å²) < 4.78 is 35.5. The van der Waals surface area contributed by atoms with E-state index in [1.807, 2.05) is 6.26 Å². The first-order valence-corrected chi connectivity index (χ1v) is 6.69. The third-order valence-corrected chi connectivity index (χ3v) is 4.34. The molecule has 2 N–H and O–H groups in total. The van der Waals surface area contributed by atoms with E-state index in [0.717, 1.165) is 19.3 Å². The van der Waals surface area contributed by atoms with E-state index in [1.54, 1.807) is 11.8 Å². The van der Waals surface area contributed by atoms with E-state index in [-0.39, 0.29) is 17.2 Å². The molecule has 1 rings (SSSR count). The van der Waals surface area contributed by atoms with E-state index in [2.05, 4.69) is 10.6 Å². The molecule has 1 aliphatic carbocycles. The molecule has 3 nitrogen and oxygen atoms in total. The first-order valence-electron chi connectivity index (χ1n) is 5.46. The average molecular weight is 270 g/mol. The molecule has 0 aliphatic heterocycles. The summed E-state index contributed by atoms with van der Waals surface area (Å²) in [5.41, 5.74) is 0. The minimum absolute atomic E-state index is 0.111. The lowest BCUT2D eigenvalue weighted by Crippen LogP contribution is -2.47. The van der Waals surface area contributed by atoms with E-state index in [0.29, 0.717) is 6.54 Å². The van der Waals surface area contributed by atoms with Gasteiger partial charge in [0.2, 0.25) is 5.91 Å². The SMILES string of the molecule is CSC1(CNC(=O)CNCC(F)(F)F)CCC1. The van der Waals surface area contributed by atoms with Crippen LogP contribution in [0.3, 0.4) is 0 Å². The molecule has 0 radical (unpaired) electrons. The highest BCUT2D eigenvalue weighted by Gasteiger charge is 2.36. The number of carbonyl (C=O) groups is 1. The highest BCUT2D eigenvalue weighted by Crippen LogP contribution is 2.42. The summed E-state index contributed by atoms with van der Waals surface area (Å²) in [6.07, 6.45) is 1.000. The maximum Gasteiger partial charge on any atom is 0.401 e. The Morgan fingerprint density at radius 2 is 2.06 bits per heavy atom. The van der Waals surface area contributed by atoms with Gasteiger partial charge in [-0.25, -0.2) is 0 Å². The summed E-state index contributed by atoms with van der Waals surface area (Å²) in [6, 6.07) is 0. The fourth-order valence-electron chi connectivity index (χ4n) is 1.66. The van der Waals surface area contributed by atoms with Crippen LogP contribution >= 0.6 is 11.8 Å². The molecule has 0 aromatic rings. The van der Waals surface area contributed by atoms with Crippen molar-refractivity contribution in [3.8, 4) is 0 Å². The Balaban J connectivity index is 2.13. The van der Waals surface area contributed by atoms with E-state index >= 15 is 0 Å². The van der Waals surface area contributed by atoms with Crippen molar-refractivity contribution < 1.29 is 18.0 Å². The zero-order valence-corrected chi connectivity index (χ0v) is 10.5. The summed E-state index contributed by atoms with van der Waals surface area (Å²) in [4.78, 5) is 11.3. The fraction of sp³-hybridized carbons (Fsp3) is 0.900. The van der Waals surface area contributed by atoms with Gasteiger partial charge >= 0.3 is 6.18 Å². The van der Waals surface area contributed by atoms with Crippen LogP contribution in [0.25, 0.3) is 0 Å². The predicted octanol–water partition coefficient (Wildman–Crippen LogP) is 1.54. The normalized spacial score (nSPS) is 18.6. The maximum absolute atomic E-state index is 11.8. The zero-order valence-electron chi connectivity index (χ0n) is 9.69. The Hall–Kier alpha value is -0.430. The highest BCUT2D eigenvalue weighted by atomic mass is 32.2. The van der Waals surface area contributed by atoms with Crippen molar-refractivity contribution in [3.05, 3.63) is 0 Å². The van der Waals surface area contributed by atoms with Crippen LogP contribution in [-0.4, -0.2) is 42.7 Å². The van der Waals surface area contributed by atoms with Crippen LogP contribution < -0.4 is 10.6 Å². The second kappa shape index (κ2) is 5.95. The number of nitrogens with one attached hydrogen (secondary N) is 2. The molecule has 0 unspecified atom stereocenters. The first kappa shape index (κ1) is 14.6. The molecule has 0 aromatic carbocycles. The Labute approximate surface area is 103 Å². The van der Waals surface area contributed by atoms with Crippen LogP contribution in [0.4, 0.5) is 13.2 Å². The monoisotopic (exact) mass is 270 g/mol. The lowest BCUT2D eigenvalue weighted by molar-refractivity contribution is -0.128. The quantitative estimate of drug-likeness (QED) is 0.769. The third kappa shape index (κ3) is 5.16. The molecule has 0 saturated heterocycles. The van der Waals surface area contributed by atoms with E-state index in [4.69, 9.17) is 0 Å². The number of rotatable bonds is 6. The van der Waals surface area contributed by atoms with Gasteiger partial charge in [-0.2, -0.15) is 24.9 Å². The standard InChI is InChI=1S/C10H17F3N2OS/c1-17-9(3-2-4-9)6-15-8(16)5-14-7-10(11,12)13/h14H,2-7H2,1H3,(H,15,16). The number of thioether (sulfide) groups is 1. The van der Waals surface area contributed by atoms with Crippen LogP contribution in [0, 0.1) is 0 Å². The molecule has 0 aromatic heterocycles. The molecule has 100 valence electrons. The van der Waals surface area contributed by atoms with Gasteiger partial charge in [-0.1, -0.05) is 6.42 Å². The van der Waals surface area contributed by atoms with Crippen molar-refractivity contribution in [2.45, 2.75) is 30.2 Å². The van der Waals surface area contributed by atoms with Crippen LogP contribution in [0.1, 0.15) is 19.3 Å². The summed E-state index contributed by atoms with van der Waals surface area (Å²) in [5, 5.41) is 4.74. The number of hydrogen-bond donors (Lipinski definition) is 2. The van der Waals surface area contributed by atoms with Crippen molar-refractivity contribution in [3.63, 3.8) is 0 Å². The van der Waals surface area contributed by atoms with Gasteiger partial charge in [0.25, 0.3) is 0 Å². The lowest BCUT2D eigenvalue weighted by atomic mass is 9.84. The summed E-state index contributed by atoms with van der Waals surface area (Å²) in [6.45, 7) is -0.876. The largest absolute Gasteiger partial charge is 0.401 e. The van der Waals surface area contributed by atoms with Crippen molar-refractivity contribution in [2.75, 3.05) is 25.9 Å². The van der Waals surface area contributed by atoms with E-state index < -0.39 is 12.7 Å². The summed E-state index contributed by atoms with van der Waals surface area (Å²) in [7, 11) is 0. The van der Waals surface area contributed by atoms with Gasteiger partial charge in [0.05, 0.1) is 13.1 Å². The van der Waals surface area contributed by atoms with Crippen LogP contribution in [0.5, 0.6) is 0 Å². The number of amides is 1. The molecule has 0 bridgehead atoms. The van der Waals surface area contributed by atoms with E-state index in [1.165, 1.54) is 0 Å². The van der Waals surface area contributed by atoms with Crippen LogP contribution in [-0.2, 0) is 4.79 Å². The molecule has 7 heteroatoms. The minimum Gasteiger partial charge on any atom is -0.354 e. The molecule has 0 atom stereocenters. The third-order valence-electron chi connectivity index (χ3n) is 2.92. The van der Waals surface area contributed by atoms with Crippen molar-refractivity contribution in [2.24, 2.45) is 0 Å². The predicted molar refractivity (Wildman–Crippen MR) is 62.0 cm³/mol. The molecular formula is C10H17F3N2OS. The average Bonchev–Trinajstić information content (AvgIpc) is 2.14. The van der Waals surface area contributed by atoms with Gasteiger partial charge in [0, 0.05) is 11.3 Å². The van der Waals surface area contributed by atoms with Crippen LogP contribution in [0.15, 0.2) is 0 Å².